The lowest BCUT2D eigenvalue weighted by molar-refractivity contribution is -0.127. The molecule has 1 aliphatic rings. The fraction of sp³-hybridized carbons (Fsp3) is 0.227. The number of nitrogens with zero attached hydrogens (tertiary/aromatic N) is 1. The highest BCUT2D eigenvalue weighted by atomic mass is 19.1. The minimum atomic E-state index is -0.722. The number of carbonyl (C=O) groups excluding carboxylic acids is 3. The standard InChI is InChI=1S/C22H22FN3O5/c1-13(2)31-20-14(5-4-6-18(20)30-3)11-17-21(28)26(22(29)25-17)12-19(27)24-16-9-7-15(23)8-10-16/h4-11,13H,12H2,1-3H3,(H,24,27)(H,25,29). The number of ether oxygens (including phenoxy) is 2. The van der Waals surface area contributed by atoms with E-state index in [-0.39, 0.29) is 11.8 Å². The first kappa shape index (κ1) is 21.8. The lowest BCUT2D eigenvalue weighted by Gasteiger charge is -2.16. The molecule has 9 heteroatoms. The maximum absolute atomic E-state index is 13.0. The topological polar surface area (TPSA) is 97.0 Å². The number of halogens is 1. The van der Waals surface area contributed by atoms with Gasteiger partial charge in [-0.2, -0.15) is 0 Å². The van der Waals surface area contributed by atoms with Crippen LogP contribution in [0.4, 0.5) is 14.9 Å². The lowest BCUT2D eigenvalue weighted by atomic mass is 10.1. The number of benzene rings is 2. The van der Waals surface area contributed by atoms with E-state index in [0.29, 0.717) is 22.7 Å². The molecule has 2 aromatic rings. The van der Waals surface area contributed by atoms with E-state index in [1.165, 1.54) is 37.5 Å². The number of nitrogens with one attached hydrogen (secondary N) is 2. The predicted octanol–water partition coefficient (Wildman–Crippen LogP) is 3.15. The molecule has 0 unspecified atom stereocenters. The lowest BCUT2D eigenvalue weighted by Crippen LogP contribution is -2.38. The summed E-state index contributed by atoms with van der Waals surface area (Å²) in [4.78, 5) is 38.0. The zero-order chi connectivity index (χ0) is 22.5. The zero-order valence-electron chi connectivity index (χ0n) is 17.3. The van der Waals surface area contributed by atoms with E-state index < -0.39 is 30.2 Å². The van der Waals surface area contributed by atoms with Gasteiger partial charge in [-0.1, -0.05) is 12.1 Å². The van der Waals surface area contributed by atoms with Gasteiger partial charge in [0.05, 0.1) is 13.2 Å². The summed E-state index contributed by atoms with van der Waals surface area (Å²) in [6, 6.07) is 9.59. The van der Waals surface area contributed by atoms with Crippen molar-refractivity contribution in [2.45, 2.75) is 20.0 Å². The maximum Gasteiger partial charge on any atom is 0.329 e. The van der Waals surface area contributed by atoms with Crippen molar-refractivity contribution in [3.05, 3.63) is 59.5 Å². The van der Waals surface area contributed by atoms with Crippen LogP contribution in [-0.4, -0.2) is 42.5 Å². The molecule has 0 spiro atoms. The van der Waals surface area contributed by atoms with Crippen molar-refractivity contribution >= 4 is 29.6 Å². The van der Waals surface area contributed by atoms with Crippen molar-refractivity contribution in [1.82, 2.24) is 10.2 Å². The van der Waals surface area contributed by atoms with E-state index in [1.807, 2.05) is 13.8 Å². The molecule has 8 nitrogen and oxygen atoms in total. The molecule has 0 atom stereocenters. The predicted molar refractivity (Wildman–Crippen MR) is 112 cm³/mol. The summed E-state index contributed by atoms with van der Waals surface area (Å²) >= 11 is 0. The molecule has 31 heavy (non-hydrogen) atoms. The monoisotopic (exact) mass is 427 g/mol. The largest absolute Gasteiger partial charge is 0.493 e. The summed E-state index contributed by atoms with van der Waals surface area (Å²) in [6.07, 6.45) is 1.33. The van der Waals surface area contributed by atoms with Crippen molar-refractivity contribution in [3.8, 4) is 11.5 Å². The van der Waals surface area contributed by atoms with E-state index in [9.17, 15) is 18.8 Å². The van der Waals surface area contributed by atoms with Crippen LogP contribution < -0.4 is 20.1 Å². The Morgan fingerprint density at radius 3 is 2.55 bits per heavy atom. The summed E-state index contributed by atoms with van der Waals surface area (Å²) in [5.41, 5.74) is 0.886. The molecule has 162 valence electrons. The Bertz CT molecular complexity index is 1030. The number of rotatable bonds is 7. The molecule has 2 aromatic carbocycles. The van der Waals surface area contributed by atoms with Gasteiger partial charge in [0.1, 0.15) is 18.1 Å². The highest BCUT2D eigenvalue weighted by molar-refractivity contribution is 6.16. The molecule has 1 aliphatic heterocycles. The van der Waals surface area contributed by atoms with Crippen LogP contribution in [0.15, 0.2) is 48.2 Å². The normalized spacial score (nSPS) is 14.7. The molecule has 0 saturated carbocycles. The van der Waals surface area contributed by atoms with E-state index >= 15 is 0 Å². The minimum Gasteiger partial charge on any atom is -0.493 e. The molecular weight excluding hydrogens is 405 g/mol. The Labute approximate surface area is 178 Å². The van der Waals surface area contributed by atoms with Gasteiger partial charge in [0.2, 0.25) is 5.91 Å². The van der Waals surface area contributed by atoms with E-state index in [1.54, 1.807) is 18.2 Å². The molecule has 0 radical (unpaired) electrons. The first-order chi connectivity index (χ1) is 14.8. The van der Waals surface area contributed by atoms with Crippen LogP contribution in [0.5, 0.6) is 11.5 Å². The fourth-order valence-corrected chi connectivity index (χ4v) is 2.92. The summed E-state index contributed by atoms with van der Waals surface area (Å²) in [6.45, 7) is 3.22. The van der Waals surface area contributed by atoms with Crippen LogP contribution in [0.3, 0.4) is 0 Å². The second kappa shape index (κ2) is 9.29. The fourth-order valence-electron chi connectivity index (χ4n) is 2.92. The van der Waals surface area contributed by atoms with Gasteiger partial charge < -0.3 is 20.1 Å². The first-order valence-electron chi connectivity index (χ1n) is 9.52. The molecule has 4 amide bonds. The highest BCUT2D eigenvalue weighted by Gasteiger charge is 2.35. The van der Waals surface area contributed by atoms with Gasteiger partial charge in [-0.3, -0.25) is 9.59 Å². The van der Waals surface area contributed by atoms with Gasteiger partial charge in [-0.05, 0) is 50.3 Å². The van der Waals surface area contributed by atoms with E-state index in [0.717, 1.165) is 4.90 Å². The molecule has 1 heterocycles. The van der Waals surface area contributed by atoms with Crippen LogP contribution in [0.2, 0.25) is 0 Å². The molecule has 0 aliphatic carbocycles. The van der Waals surface area contributed by atoms with Gasteiger partial charge in [0.25, 0.3) is 5.91 Å². The van der Waals surface area contributed by atoms with Crippen molar-refractivity contribution in [2.75, 3.05) is 19.0 Å². The van der Waals surface area contributed by atoms with Crippen molar-refractivity contribution < 1.29 is 28.2 Å². The average Bonchev–Trinajstić information content (AvgIpc) is 2.98. The third kappa shape index (κ3) is 5.19. The van der Waals surface area contributed by atoms with Gasteiger partial charge in [-0.25, -0.2) is 14.1 Å². The van der Waals surface area contributed by atoms with Gasteiger partial charge in [-0.15, -0.1) is 0 Å². The molecular formula is C22H22FN3O5. The SMILES string of the molecule is COc1cccc(C=C2NC(=O)N(CC(=O)Nc3ccc(F)cc3)C2=O)c1OC(C)C. The van der Waals surface area contributed by atoms with Crippen LogP contribution in [0, 0.1) is 5.82 Å². The highest BCUT2D eigenvalue weighted by Crippen LogP contribution is 2.33. The number of amides is 4. The summed E-state index contributed by atoms with van der Waals surface area (Å²) in [5, 5.41) is 4.98. The van der Waals surface area contributed by atoms with Crippen LogP contribution >= 0.6 is 0 Å². The second-order valence-corrected chi connectivity index (χ2v) is 6.98. The first-order valence-corrected chi connectivity index (χ1v) is 9.52. The number of anilines is 1. The van der Waals surface area contributed by atoms with Crippen LogP contribution in [0.1, 0.15) is 19.4 Å². The van der Waals surface area contributed by atoms with Crippen molar-refractivity contribution in [1.29, 1.82) is 0 Å². The Balaban J connectivity index is 1.77. The molecule has 2 N–H and O–H groups in total. The third-order valence-electron chi connectivity index (χ3n) is 4.27. The summed E-state index contributed by atoms with van der Waals surface area (Å²) in [7, 11) is 1.50. The molecule has 3 rings (SSSR count). The Morgan fingerprint density at radius 2 is 1.90 bits per heavy atom. The number of imide groups is 1. The zero-order valence-corrected chi connectivity index (χ0v) is 17.3. The Morgan fingerprint density at radius 1 is 1.19 bits per heavy atom. The smallest absolute Gasteiger partial charge is 0.329 e. The average molecular weight is 427 g/mol. The summed E-state index contributed by atoms with van der Waals surface area (Å²) in [5.74, 6) is -0.781. The molecule has 1 fully saturated rings. The van der Waals surface area contributed by atoms with Crippen molar-refractivity contribution in [3.63, 3.8) is 0 Å². The minimum absolute atomic E-state index is 0.00133. The molecule has 0 bridgehead atoms. The molecule has 1 saturated heterocycles. The number of para-hydroxylation sites is 1. The van der Waals surface area contributed by atoms with Crippen LogP contribution in [-0.2, 0) is 9.59 Å². The van der Waals surface area contributed by atoms with Gasteiger partial charge >= 0.3 is 6.03 Å². The third-order valence-corrected chi connectivity index (χ3v) is 4.27. The number of hydrogen-bond donors (Lipinski definition) is 2. The van der Waals surface area contributed by atoms with Gasteiger partial charge in [0, 0.05) is 11.3 Å². The van der Waals surface area contributed by atoms with E-state index in [4.69, 9.17) is 9.47 Å². The number of urea groups is 1. The number of methoxy groups -OCH3 is 1. The second-order valence-electron chi connectivity index (χ2n) is 6.98. The Kier molecular flexibility index (Phi) is 6.54. The number of hydrogen-bond acceptors (Lipinski definition) is 5. The molecule has 0 aromatic heterocycles. The van der Waals surface area contributed by atoms with E-state index in [2.05, 4.69) is 10.6 Å². The maximum atomic E-state index is 13.0. The number of carbonyl (C=O) groups is 3. The van der Waals surface area contributed by atoms with Crippen molar-refractivity contribution in [2.24, 2.45) is 0 Å². The quantitative estimate of drug-likeness (QED) is 0.523. The van der Waals surface area contributed by atoms with Crippen LogP contribution in [0.25, 0.3) is 6.08 Å². The summed E-state index contributed by atoms with van der Waals surface area (Å²) < 4.78 is 24.1. The van der Waals surface area contributed by atoms with Gasteiger partial charge in [0.15, 0.2) is 11.5 Å². The Hall–Kier alpha value is -3.88.